The van der Waals surface area contributed by atoms with Gasteiger partial charge in [-0.05, 0) is 42.5 Å². The molecule has 0 aliphatic carbocycles. The van der Waals surface area contributed by atoms with Crippen LogP contribution in [0.2, 0.25) is 0 Å². The van der Waals surface area contributed by atoms with Crippen LogP contribution < -0.4 is 11.5 Å². The van der Waals surface area contributed by atoms with Crippen LogP contribution in [0.15, 0.2) is 6.07 Å². The molecule has 13 heavy (non-hydrogen) atoms. The monoisotopic (exact) mass is 178 g/mol. The molecule has 2 heteroatoms. The fraction of sp³-hybridized carbons (Fsp3) is 0.455. The predicted molar refractivity (Wildman–Crippen MR) is 58.8 cm³/mol. The van der Waals surface area contributed by atoms with Gasteiger partial charge in [-0.1, -0.05) is 13.8 Å². The normalized spacial score (nSPS) is 10.4. The maximum absolute atomic E-state index is 5.98. The van der Waals surface area contributed by atoms with Crippen molar-refractivity contribution in [3.8, 4) is 0 Å². The lowest BCUT2D eigenvalue weighted by Gasteiger charge is -2.13. The molecular formula is C11H18N2. The number of rotatable bonds is 2. The van der Waals surface area contributed by atoms with E-state index >= 15 is 0 Å². The standard InChI is InChI=1S/C11H18N2/c1-4-8-6-10(12)9(5-2)7(3)11(8)13/h6H,4-5,12-13H2,1-3H3. The van der Waals surface area contributed by atoms with Crippen molar-refractivity contribution in [3.05, 3.63) is 22.8 Å². The maximum Gasteiger partial charge on any atom is 0.0380 e. The molecule has 1 rings (SSSR count). The molecule has 0 radical (unpaired) electrons. The molecule has 0 bridgehead atoms. The molecule has 1 aromatic carbocycles. The van der Waals surface area contributed by atoms with E-state index in [0.29, 0.717) is 0 Å². The summed E-state index contributed by atoms with van der Waals surface area (Å²) in [5.74, 6) is 0. The highest BCUT2D eigenvalue weighted by Gasteiger charge is 2.08. The topological polar surface area (TPSA) is 52.0 Å². The van der Waals surface area contributed by atoms with E-state index in [-0.39, 0.29) is 0 Å². The van der Waals surface area contributed by atoms with Crippen LogP contribution in [0, 0.1) is 6.92 Å². The molecule has 0 spiro atoms. The van der Waals surface area contributed by atoms with Crippen LogP contribution in [0.1, 0.15) is 30.5 Å². The van der Waals surface area contributed by atoms with Crippen LogP contribution in [0.4, 0.5) is 11.4 Å². The molecule has 4 N–H and O–H groups in total. The molecule has 0 unspecified atom stereocenters. The minimum atomic E-state index is 0.881. The molecule has 0 aliphatic heterocycles. The minimum absolute atomic E-state index is 0.881. The van der Waals surface area contributed by atoms with E-state index in [1.807, 2.05) is 13.0 Å². The first kappa shape index (κ1) is 9.90. The summed E-state index contributed by atoms with van der Waals surface area (Å²) < 4.78 is 0. The van der Waals surface area contributed by atoms with Gasteiger partial charge in [-0.25, -0.2) is 0 Å². The second-order valence-electron chi connectivity index (χ2n) is 3.35. The Hall–Kier alpha value is -1.18. The van der Waals surface area contributed by atoms with Gasteiger partial charge in [-0.15, -0.1) is 0 Å². The summed E-state index contributed by atoms with van der Waals surface area (Å²) in [7, 11) is 0. The third-order valence-electron chi connectivity index (χ3n) is 2.62. The quantitative estimate of drug-likeness (QED) is 0.683. The van der Waals surface area contributed by atoms with Gasteiger partial charge in [0.25, 0.3) is 0 Å². The predicted octanol–water partition coefficient (Wildman–Crippen LogP) is 2.28. The highest BCUT2D eigenvalue weighted by atomic mass is 14.6. The van der Waals surface area contributed by atoms with E-state index < -0.39 is 0 Å². The number of hydrogen-bond donors (Lipinski definition) is 2. The molecule has 0 aliphatic rings. The number of anilines is 2. The van der Waals surface area contributed by atoms with E-state index in [1.54, 1.807) is 0 Å². The number of nitrogen functional groups attached to an aromatic ring is 2. The molecule has 0 heterocycles. The summed E-state index contributed by atoms with van der Waals surface area (Å²) in [6.07, 6.45) is 1.90. The van der Waals surface area contributed by atoms with Crippen LogP contribution in [-0.2, 0) is 12.8 Å². The van der Waals surface area contributed by atoms with E-state index in [9.17, 15) is 0 Å². The number of aryl methyl sites for hydroxylation is 1. The van der Waals surface area contributed by atoms with Crippen LogP contribution in [0.25, 0.3) is 0 Å². The summed E-state index contributed by atoms with van der Waals surface area (Å²) in [5, 5.41) is 0. The molecular weight excluding hydrogens is 160 g/mol. The third-order valence-corrected chi connectivity index (χ3v) is 2.62. The number of benzene rings is 1. The zero-order valence-electron chi connectivity index (χ0n) is 8.65. The third kappa shape index (κ3) is 1.62. The molecule has 2 nitrogen and oxygen atoms in total. The molecule has 72 valence electrons. The molecule has 0 saturated carbocycles. The number of hydrogen-bond acceptors (Lipinski definition) is 2. The lowest BCUT2D eigenvalue weighted by atomic mass is 9.97. The van der Waals surface area contributed by atoms with E-state index in [0.717, 1.165) is 35.3 Å². The Labute approximate surface area is 79.9 Å². The van der Waals surface area contributed by atoms with Crippen molar-refractivity contribution in [3.63, 3.8) is 0 Å². The van der Waals surface area contributed by atoms with Crippen molar-refractivity contribution in [1.29, 1.82) is 0 Å². The maximum atomic E-state index is 5.98. The lowest BCUT2D eigenvalue weighted by molar-refractivity contribution is 1.08. The molecule has 0 amide bonds. The Morgan fingerprint density at radius 3 is 2.23 bits per heavy atom. The fourth-order valence-electron chi connectivity index (χ4n) is 1.73. The Morgan fingerprint density at radius 2 is 1.77 bits per heavy atom. The highest BCUT2D eigenvalue weighted by molar-refractivity contribution is 5.66. The summed E-state index contributed by atoms with van der Waals surface area (Å²) in [5.41, 5.74) is 17.2. The SMILES string of the molecule is CCc1cc(N)c(CC)c(C)c1N. The van der Waals surface area contributed by atoms with E-state index in [2.05, 4.69) is 13.8 Å². The first-order valence-corrected chi connectivity index (χ1v) is 4.78. The van der Waals surface area contributed by atoms with Crippen LogP contribution in [0.5, 0.6) is 0 Å². The second-order valence-corrected chi connectivity index (χ2v) is 3.35. The summed E-state index contributed by atoms with van der Waals surface area (Å²) in [6, 6.07) is 2.00. The zero-order valence-corrected chi connectivity index (χ0v) is 8.65. The van der Waals surface area contributed by atoms with Gasteiger partial charge in [0, 0.05) is 11.4 Å². The van der Waals surface area contributed by atoms with Gasteiger partial charge in [0.2, 0.25) is 0 Å². The Morgan fingerprint density at radius 1 is 1.15 bits per heavy atom. The van der Waals surface area contributed by atoms with Crippen molar-refractivity contribution in [2.24, 2.45) is 0 Å². The van der Waals surface area contributed by atoms with Crippen LogP contribution in [-0.4, -0.2) is 0 Å². The van der Waals surface area contributed by atoms with Gasteiger partial charge in [0.05, 0.1) is 0 Å². The second kappa shape index (κ2) is 3.69. The summed E-state index contributed by atoms with van der Waals surface area (Å²) in [6.45, 7) is 6.24. The van der Waals surface area contributed by atoms with Crippen molar-refractivity contribution < 1.29 is 0 Å². The van der Waals surface area contributed by atoms with Crippen molar-refractivity contribution >= 4 is 11.4 Å². The van der Waals surface area contributed by atoms with Gasteiger partial charge < -0.3 is 11.5 Å². The zero-order chi connectivity index (χ0) is 10.0. The van der Waals surface area contributed by atoms with Gasteiger partial charge in [-0.2, -0.15) is 0 Å². The molecule has 1 aromatic rings. The molecule has 0 aromatic heterocycles. The summed E-state index contributed by atoms with van der Waals surface area (Å²) in [4.78, 5) is 0. The van der Waals surface area contributed by atoms with Crippen LogP contribution >= 0.6 is 0 Å². The largest absolute Gasteiger partial charge is 0.398 e. The van der Waals surface area contributed by atoms with Gasteiger partial charge in [0.15, 0.2) is 0 Å². The molecule has 0 fully saturated rings. The smallest absolute Gasteiger partial charge is 0.0380 e. The van der Waals surface area contributed by atoms with Crippen molar-refractivity contribution in [2.45, 2.75) is 33.6 Å². The average Bonchev–Trinajstić information content (AvgIpc) is 2.12. The van der Waals surface area contributed by atoms with Gasteiger partial charge >= 0.3 is 0 Å². The summed E-state index contributed by atoms with van der Waals surface area (Å²) >= 11 is 0. The lowest BCUT2D eigenvalue weighted by Crippen LogP contribution is -2.04. The Bertz CT molecular complexity index is 316. The van der Waals surface area contributed by atoms with Crippen LogP contribution in [0.3, 0.4) is 0 Å². The number of nitrogens with two attached hydrogens (primary N) is 2. The van der Waals surface area contributed by atoms with Gasteiger partial charge in [-0.3, -0.25) is 0 Å². The Balaban J connectivity index is 3.37. The Kier molecular flexibility index (Phi) is 2.81. The van der Waals surface area contributed by atoms with E-state index in [4.69, 9.17) is 11.5 Å². The van der Waals surface area contributed by atoms with Crippen molar-refractivity contribution in [2.75, 3.05) is 11.5 Å². The average molecular weight is 178 g/mol. The molecule has 0 saturated heterocycles. The molecule has 0 atom stereocenters. The van der Waals surface area contributed by atoms with Crippen molar-refractivity contribution in [1.82, 2.24) is 0 Å². The minimum Gasteiger partial charge on any atom is -0.398 e. The fourth-order valence-corrected chi connectivity index (χ4v) is 1.73. The van der Waals surface area contributed by atoms with E-state index in [1.165, 1.54) is 5.56 Å². The highest BCUT2D eigenvalue weighted by Crippen LogP contribution is 2.27. The first-order chi connectivity index (χ1) is 6.11. The first-order valence-electron chi connectivity index (χ1n) is 4.78. The van der Waals surface area contributed by atoms with Gasteiger partial charge in [0.1, 0.15) is 0 Å².